The molecule has 1 aromatic carbocycles. The Balaban J connectivity index is 1.87. The lowest BCUT2D eigenvalue weighted by molar-refractivity contribution is -0.117. The third kappa shape index (κ3) is 2.38. The number of benzene rings is 1. The van der Waals surface area contributed by atoms with Gasteiger partial charge in [0.25, 0.3) is 0 Å². The largest absolute Gasteiger partial charge is 0.310 e. The van der Waals surface area contributed by atoms with E-state index in [2.05, 4.69) is 17.3 Å². The maximum atomic E-state index is 12.0. The van der Waals surface area contributed by atoms with Gasteiger partial charge < -0.3 is 5.32 Å². The van der Waals surface area contributed by atoms with Crippen LogP contribution in [-0.2, 0) is 4.79 Å². The van der Waals surface area contributed by atoms with Gasteiger partial charge in [-0.25, -0.2) is 4.68 Å². The van der Waals surface area contributed by atoms with Crippen LogP contribution in [0.4, 0.5) is 5.82 Å². The van der Waals surface area contributed by atoms with Crippen LogP contribution in [0.15, 0.2) is 36.4 Å². The lowest BCUT2D eigenvalue weighted by atomic mass is 10.3. The number of nitrogens with one attached hydrogen (secondary N) is 1. The summed E-state index contributed by atoms with van der Waals surface area (Å²) < 4.78 is 1.78. The van der Waals surface area contributed by atoms with Crippen molar-refractivity contribution in [1.29, 1.82) is 0 Å². The van der Waals surface area contributed by atoms with E-state index in [9.17, 15) is 4.79 Å². The van der Waals surface area contributed by atoms with Gasteiger partial charge in [0, 0.05) is 12.0 Å². The van der Waals surface area contributed by atoms with E-state index in [1.165, 1.54) is 0 Å². The molecular formula is C15H17N3O. The fourth-order valence-corrected chi connectivity index (χ4v) is 2.26. The van der Waals surface area contributed by atoms with E-state index in [-0.39, 0.29) is 11.8 Å². The van der Waals surface area contributed by atoms with Crippen molar-refractivity contribution in [2.24, 2.45) is 11.8 Å². The van der Waals surface area contributed by atoms with Crippen LogP contribution in [0.3, 0.4) is 0 Å². The van der Waals surface area contributed by atoms with Gasteiger partial charge in [0.2, 0.25) is 5.91 Å². The fraction of sp³-hybridized carbons (Fsp3) is 0.333. The highest BCUT2D eigenvalue weighted by atomic mass is 16.2. The summed E-state index contributed by atoms with van der Waals surface area (Å²) in [5.41, 5.74) is 1.85. The Bertz CT molecular complexity index is 603. The van der Waals surface area contributed by atoms with Crippen molar-refractivity contribution >= 4 is 11.7 Å². The molecule has 0 radical (unpaired) electrons. The van der Waals surface area contributed by atoms with E-state index >= 15 is 0 Å². The van der Waals surface area contributed by atoms with Crippen molar-refractivity contribution < 1.29 is 4.79 Å². The van der Waals surface area contributed by atoms with Gasteiger partial charge >= 0.3 is 0 Å². The van der Waals surface area contributed by atoms with Crippen molar-refractivity contribution in [3.8, 4) is 5.69 Å². The van der Waals surface area contributed by atoms with Gasteiger partial charge in [-0.3, -0.25) is 4.79 Å². The standard InChI is InChI=1S/C15H17N3O/c1-10-8-13(10)15(19)16-14-9-11(2)17-18(14)12-6-4-3-5-7-12/h3-7,9-10,13H,8H2,1-2H3,(H,16,19). The lowest BCUT2D eigenvalue weighted by Crippen LogP contribution is -2.17. The second-order valence-electron chi connectivity index (χ2n) is 5.23. The van der Waals surface area contributed by atoms with Crippen LogP contribution in [0.25, 0.3) is 5.69 Å². The molecule has 0 spiro atoms. The molecule has 1 aliphatic carbocycles. The number of hydrogen-bond acceptors (Lipinski definition) is 2. The third-order valence-corrected chi connectivity index (χ3v) is 3.53. The second kappa shape index (κ2) is 4.53. The molecular weight excluding hydrogens is 238 g/mol. The molecule has 3 rings (SSSR count). The number of hydrogen-bond donors (Lipinski definition) is 1. The van der Waals surface area contributed by atoms with Crippen LogP contribution in [0, 0.1) is 18.8 Å². The number of nitrogens with zero attached hydrogens (tertiary/aromatic N) is 2. The van der Waals surface area contributed by atoms with Crippen LogP contribution in [0.1, 0.15) is 19.0 Å². The minimum absolute atomic E-state index is 0.101. The number of amides is 1. The van der Waals surface area contributed by atoms with Gasteiger partial charge in [-0.05, 0) is 31.4 Å². The van der Waals surface area contributed by atoms with Gasteiger partial charge in [-0.15, -0.1) is 0 Å². The topological polar surface area (TPSA) is 46.9 Å². The zero-order chi connectivity index (χ0) is 13.4. The monoisotopic (exact) mass is 255 g/mol. The maximum Gasteiger partial charge on any atom is 0.228 e. The van der Waals surface area contributed by atoms with Crippen molar-refractivity contribution in [2.75, 3.05) is 5.32 Å². The molecule has 19 heavy (non-hydrogen) atoms. The van der Waals surface area contributed by atoms with Crippen LogP contribution >= 0.6 is 0 Å². The van der Waals surface area contributed by atoms with E-state index in [0.29, 0.717) is 5.92 Å². The number of aromatic nitrogens is 2. The Kier molecular flexibility index (Phi) is 2.85. The molecule has 1 fully saturated rings. The van der Waals surface area contributed by atoms with Gasteiger partial charge in [-0.2, -0.15) is 5.10 Å². The van der Waals surface area contributed by atoms with Gasteiger partial charge in [0.1, 0.15) is 5.82 Å². The van der Waals surface area contributed by atoms with Crippen LogP contribution in [0.5, 0.6) is 0 Å². The minimum Gasteiger partial charge on any atom is -0.310 e. The summed E-state index contributed by atoms with van der Waals surface area (Å²) in [4.78, 5) is 12.0. The first-order valence-corrected chi connectivity index (χ1v) is 6.58. The highest BCUT2D eigenvalue weighted by molar-refractivity contribution is 5.94. The van der Waals surface area contributed by atoms with Crippen molar-refractivity contribution in [3.63, 3.8) is 0 Å². The predicted octanol–water partition coefficient (Wildman–Crippen LogP) is 2.78. The molecule has 1 amide bonds. The molecule has 1 aliphatic rings. The summed E-state index contributed by atoms with van der Waals surface area (Å²) >= 11 is 0. The van der Waals surface area contributed by atoms with E-state index in [0.717, 1.165) is 23.6 Å². The van der Waals surface area contributed by atoms with Crippen LogP contribution in [0.2, 0.25) is 0 Å². The average molecular weight is 255 g/mol. The molecule has 2 unspecified atom stereocenters. The first-order valence-electron chi connectivity index (χ1n) is 6.58. The summed E-state index contributed by atoms with van der Waals surface area (Å²) in [7, 11) is 0. The number of para-hydroxylation sites is 1. The summed E-state index contributed by atoms with van der Waals surface area (Å²) in [6.45, 7) is 4.03. The van der Waals surface area contributed by atoms with E-state index in [1.54, 1.807) is 4.68 Å². The Morgan fingerprint density at radius 3 is 2.68 bits per heavy atom. The number of anilines is 1. The smallest absolute Gasteiger partial charge is 0.228 e. The number of aryl methyl sites for hydroxylation is 1. The SMILES string of the molecule is Cc1cc(NC(=O)C2CC2C)n(-c2ccccc2)n1. The average Bonchev–Trinajstić information content (AvgIpc) is 3.02. The highest BCUT2D eigenvalue weighted by Gasteiger charge is 2.39. The third-order valence-electron chi connectivity index (χ3n) is 3.53. The normalized spacial score (nSPS) is 21.2. The molecule has 1 heterocycles. The Labute approximate surface area is 112 Å². The Morgan fingerprint density at radius 1 is 1.37 bits per heavy atom. The minimum atomic E-state index is 0.101. The van der Waals surface area contributed by atoms with Gasteiger partial charge in [0.15, 0.2) is 0 Å². The molecule has 0 saturated heterocycles. The van der Waals surface area contributed by atoms with E-state index in [1.807, 2.05) is 43.3 Å². The first-order chi connectivity index (χ1) is 9.15. The van der Waals surface area contributed by atoms with E-state index in [4.69, 9.17) is 0 Å². The highest BCUT2D eigenvalue weighted by Crippen LogP contribution is 2.38. The van der Waals surface area contributed by atoms with E-state index < -0.39 is 0 Å². The van der Waals surface area contributed by atoms with Gasteiger partial charge in [-0.1, -0.05) is 25.1 Å². The molecule has 2 atom stereocenters. The molecule has 1 aromatic heterocycles. The fourth-order valence-electron chi connectivity index (χ4n) is 2.26. The summed E-state index contributed by atoms with van der Waals surface area (Å²) in [6.07, 6.45) is 0.990. The van der Waals surface area contributed by atoms with Crippen molar-refractivity contribution in [2.45, 2.75) is 20.3 Å². The summed E-state index contributed by atoms with van der Waals surface area (Å²) in [5.74, 6) is 1.52. The van der Waals surface area contributed by atoms with Crippen LogP contribution < -0.4 is 5.32 Å². The summed E-state index contributed by atoms with van der Waals surface area (Å²) in [5, 5.41) is 7.42. The molecule has 4 heteroatoms. The van der Waals surface area contributed by atoms with Gasteiger partial charge in [0.05, 0.1) is 11.4 Å². The number of carbonyl (C=O) groups excluding carboxylic acids is 1. The van der Waals surface area contributed by atoms with Crippen molar-refractivity contribution in [3.05, 3.63) is 42.1 Å². The molecule has 1 saturated carbocycles. The first kappa shape index (κ1) is 12.0. The van der Waals surface area contributed by atoms with Crippen LogP contribution in [-0.4, -0.2) is 15.7 Å². The predicted molar refractivity (Wildman–Crippen MR) is 74.2 cm³/mol. The molecule has 98 valence electrons. The number of carbonyl (C=O) groups is 1. The maximum absolute atomic E-state index is 12.0. The Hall–Kier alpha value is -2.10. The molecule has 0 bridgehead atoms. The summed E-state index contributed by atoms with van der Waals surface area (Å²) in [6, 6.07) is 11.7. The lowest BCUT2D eigenvalue weighted by Gasteiger charge is -2.08. The molecule has 1 N–H and O–H groups in total. The quantitative estimate of drug-likeness (QED) is 0.916. The Morgan fingerprint density at radius 2 is 2.05 bits per heavy atom. The zero-order valence-corrected chi connectivity index (χ0v) is 11.1. The number of rotatable bonds is 3. The molecule has 2 aromatic rings. The zero-order valence-electron chi connectivity index (χ0n) is 11.1. The van der Waals surface area contributed by atoms with Crippen molar-refractivity contribution in [1.82, 2.24) is 9.78 Å². The second-order valence-corrected chi connectivity index (χ2v) is 5.23. The molecule has 4 nitrogen and oxygen atoms in total. The molecule has 0 aliphatic heterocycles.